The van der Waals surface area contributed by atoms with Crippen molar-refractivity contribution in [2.24, 2.45) is 13.0 Å². The fourth-order valence-electron chi connectivity index (χ4n) is 2.77. The van der Waals surface area contributed by atoms with E-state index in [1.165, 1.54) is 5.56 Å². The van der Waals surface area contributed by atoms with Crippen LogP contribution in [0.1, 0.15) is 24.1 Å². The van der Waals surface area contributed by atoms with Crippen LogP contribution in [0.2, 0.25) is 0 Å². The van der Waals surface area contributed by atoms with Crippen LogP contribution >= 0.6 is 12.4 Å². The van der Waals surface area contributed by atoms with Crippen LogP contribution in [0.25, 0.3) is 0 Å². The number of halogens is 1. The topological polar surface area (TPSA) is 59.0 Å². The van der Waals surface area contributed by atoms with Gasteiger partial charge in [0.2, 0.25) is 5.91 Å². The lowest BCUT2D eigenvalue weighted by Gasteiger charge is -2.11. The van der Waals surface area contributed by atoms with E-state index >= 15 is 0 Å². The maximum absolute atomic E-state index is 12.1. The molecule has 0 radical (unpaired) electrons. The third kappa shape index (κ3) is 2.24. The Morgan fingerprint density at radius 2 is 2.33 bits per heavy atom. The van der Waals surface area contributed by atoms with E-state index in [1.54, 1.807) is 0 Å². The van der Waals surface area contributed by atoms with Gasteiger partial charge in [-0.1, -0.05) is 0 Å². The van der Waals surface area contributed by atoms with E-state index in [9.17, 15) is 4.79 Å². The quantitative estimate of drug-likeness (QED) is 0.839. The number of amides is 1. The number of nitrogens with zero attached hydrogens (tertiary/aromatic N) is 2. The number of hydrogen-bond acceptors (Lipinski definition) is 3. The fraction of sp³-hybridized carbons (Fsp3) is 0.667. The highest BCUT2D eigenvalue weighted by Crippen LogP contribution is 2.28. The second-order valence-electron chi connectivity index (χ2n) is 4.93. The first-order valence-corrected chi connectivity index (χ1v) is 6.32. The number of aryl methyl sites for hydroxylation is 2. The highest BCUT2D eigenvalue weighted by molar-refractivity contribution is 5.93. The summed E-state index contributed by atoms with van der Waals surface area (Å²) in [5, 5.41) is 10.7. The molecule has 5 nitrogen and oxygen atoms in total. The normalized spacial score (nSPS) is 21.5. The fourth-order valence-corrected chi connectivity index (χ4v) is 2.77. The van der Waals surface area contributed by atoms with E-state index in [2.05, 4.69) is 15.7 Å². The molecule has 1 aliphatic heterocycles. The van der Waals surface area contributed by atoms with Gasteiger partial charge in [-0.15, -0.1) is 12.4 Å². The van der Waals surface area contributed by atoms with Crippen LogP contribution in [0, 0.1) is 5.92 Å². The zero-order chi connectivity index (χ0) is 11.8. The minimum absolute atomic E-state index is 0. The van der Waals surface area contributed by atoms with E-state index in [1.807, 2.05) is 11.7 Å². The molecule has 1 amide bonds. The van der Waals surface area contributed by atoms with Crippen molar-refractivity contribution in [3.05, 3.63) is 11.3 Å². The summed E-state index contributed by atoms with van der Waals surface area (Å²) in [7, 11) is 1.90. The number of carbonyl (C=O) groups is 1. The Morgan fingerprint density at radius 1 is 1.50 bits per heavy atom. The van der Waals surface area contributed by atoms with Gasteiger partial charge < -0.3 is 10.6 Å². The lowest BCUT2D eigenvalue weighted by atomic mass is 10.1. The zero-order valence-corrected chi connectivity index (χ0v) is 11.3. The Bertz CT molecular complexity index is 451. The first kappa shape index (κ1) is 13.4. The molecule has 3 rings (SSSR count). The molecule has 1 unspecified atom stereocenters. The average Bonchev–Trinajstić information content (AvgIpc) is 2.98. The Kier molecular flexibility index (Phi) is 3.92. The Balaban J connectivity index is 0.00000120. The van der Waals surface area contributed by atoms with Gasteiger partial charge in [0.1, 0.15) is 5.82 Å². The minimum Gasteiger partial charge on any atom is -0.316 e. The number of anilines is 1. The Morgan fingerprint density at radius 3 is 3.06 bits per heavy atom. The largest absolute Gasteiger partial charge is 0.316 e. The molecule has 0 spiro atoms. The van der Waals surface area contributed by atoms with Crippen LogP contribution in [0.3, 0.4) is 0 Å². The van der Waals surface area contributed by atoms with Gasteiger partial charge in [0.25, 0.3) is 0 Å². The van der Waals surface area contributed by atoms with E-state index in [-0.39, 0.29) is 24.2 Å². The molecule has 1 aliphatic carbocycles. The summed E-state index contributed by atoms with van der Waals surface area (Å²) < 4.78 is 1.81. The smallest absolute Gasteiger partial charge is 0.229 e. The van der Waals surface area contributed by atoms with Crippen molar-refractivity contribution < 1.29 is 4.79 Å². The standard InChI is InChI=1S/C12H18N4O.ClH/c1-16-11(9-3-2-4-10(9)15-16)14-12(17)8-5-6-13-7-8;/h8,13H,2-7H2,1H3,(H,14,17);1H. The molecule has 1 saturated heterocycles. The molecule has 0 saturated carbocycles. The first-order valence-electron chi connectivity index (χ1n) is 6.32. The van der Waals surface area contributed by atoms with E-state index in [4.69, 9.17) is 0 Å². The van der Waals surface area contributed by atoms with Gasteiger partial charge in [0, 0.05) is 19.2 Å². The number of rotatable bonds is 2. The molecule has 0 bridgehead atoms. The van der Waals surface area contributed by atoms with Crippen molar-refractivity contribution in [2.75, 3.05) is 18.4 Å². The molecule has 1 aromatic heterocycles. The summed E-state index contributed by atoms with van der Waals surface area (Å²) in [4.78, 5) is 12.1. The van der Waals surface area contributed by atoms with Gasteiger partial charge in [-0.05, 0) is 32.2 Å². The lowest BCUT2D eigenvalue weighted by Crippen LogP contribution is -2.26. The summed E-state index contributed by atoms with van der Waals surface area (Å²) >= 11 is 0. The molecule has 1 aromatic rings. The number of hydrogen-bond donors (Lipinski definition) is 2. The third-order valence-corrected chi connectivity index (χ3v) is 3.74. The first-order chi connectivity index (χ1) is 8.25. The van der Waals surface area contributed by atoms with Gasteiger partial charge in [0.05, 0.1) is 11.6 Å². The predicted octanol–water partition coefficient (Wildman–Crippen LogP) is 0.879. The molecule has 1 atom stereocenters. The van der Waals surface area contributed by atoms with Gasteiger partial charge >= 0.3 is 0 Å². The maximum atomic E-state index is 12.1. The van der Waals surface area contributed by atoms with Crippen molar-refractivity contribution in [3.63, 3.8) is 0 Å². The van der Waals surface area contributed by atoms with Crippen LogP contribution in [-0.4, -0.2) is 28.8 Å². The summed E-state index contributed by atoms with van der Waals surface area (Å²) in [5.74, 6) is 1.16. The van der Waals surface area contributed by atoms with Crippen molar-refractivity contribution in [1.29, 1.82) is 0 Å². The van der Waals surface area contributed by atoms with Crippen molar-refractivity contribution in [2.45, 2.75) is 25.7 Å². The van der Waals surface area contributed by atoms with E-state index < -0.39 is 0 Å². The third-order valence-electron chi connectivity index (χ3n) is 3.74. The Labute approximate surface area is 113 Å². The molecule has 2 heterocycles. The second-order valence-corrected chi connectivity index (χ2v) is 4.93. The monoisotopic (exact) mass is 270 g/mol. The van der Waals surface area contributed by atoms with Gasteiger partial charge in [-0.3, -0.25) is 9.48 Å². The maximum Gasteiger partial charge on any atom is 0.229 e. The zero-order valence-electron chi connectivity index (χ0n) is 10.5. The van der Waals surface area contributed by atoms with E-state index in [0.717, 1.165) is 50.3 Å². The number of nitrogens with one attached hydrogen (secondary N) is 2. The highest BCUT2D eigenvalue weighted by atomic mass is 35.5. The molecule has 1 fully saturated rings. The average molecular weight is 271 g/mol. The molecule has 18 heavy (non-hydrogen) atoms. The predicted molar refractivity (Wildman–Crippen MR) is 72.1 cm³/mol. The van der Waals surface area contributed by atoms with Gasteiger partial charge in [-0.25, -0.2) is 0 Å². The molecule has 0 aromatic carbocycles. The van der Waals surface area contributed by atoms with Crippen LogP contribution in [0.4, 0.5) is 5.82 Å². The van der Waals surface area contributed by atoms with Crippen LogP contribution < -0.4 is 10.6 Å². The highest BCUT2D eigenvalue weighted by Gasteiger charge is 2.26. The summed E-state index contributed by atoms with van der Waals surface area (Å²) in [6.07, 6.45) is 4.18. The molecular formula is C12H19ClN4O. The summed E-state index contributed by atoms with van der Waals surface area (Å²) in [6, 6.07) is 0. The van der Waals surface area contributed by atoms with Crippen molar-refractivity contribution in [1.82, 2.24) is 15.1 Å². The lowest BCUT2D eigenvalue weighted by molar-refractivity contribution is -0.119. The van der Waals surface area contributed by atoms with Crippen LogP contribution in [0.5, 0.6) is 0 Å². The number of carbonyl (C=O) groups excluding carboxylic acids is 1. The number of aromatic nitrogens is 2. The molecule has 6 heteroatoms. The molecular weight excluding hydrogens is 252 g/mol. The second kappa shape index (κ2) is 5.28. The molecule has 2 N–H and O–H groups in total. The summed E-state index contributed by atoms with van der Waals surface area (Å²) in [6.45, 7) is 1.74. The molecule has 100 valence electrons. The van der Waals surface area contributed by atoms with Gasteiger partial charge in [-0.2, -0.15) is 5.10 Å². The van der Waals surface area contributed by atoms with Crippen LogP contribution in [0.15, 0.2) is 0 Å². The SMILES string of the molecule is Cl.Cn1nc2c(c1NC(=O)C1CCNC1)CCC2. The summed E-state index contributed by atoms with van der Waals surface area (Å²) in [5.41, 5.74) is 2.40. The van der Waals surface area contributed by atoms with Crippen LogP contribution in [-0.2, 0) is 24.7 Å². The molecule has 2 aliphatic rings. The van der Waals surface area contributed by atoms with Crippen molar-refractivity contribution >= 4 is 24.1 Å². The van der Waals surface area contributed by atoms with Crippen molar-refractivity contribution in [3.8, 4) is 0 Å². The number of fused-ring (bicyclic) bond motifs is 1. The van der Waals surface area contributed by atoms with E-state index in [0.29, 0.717) is 0 Å². The Hall–Kier alpha value is -1.07. The van der Waals surface area contributed by atoms with Gasteiger partial charge in [0.15, 0.2) is 0 Å². The minimum atomic E-state index is 0.